The maximum Gasteiger partial charge on any atom is 0.239 e. The number of hydrogen-bond donors (Lipinski definition) is 1. The molecule has 2 saturated heterocycles. The van der Waals surface area contributed by atoms with Crippen molar-refractivity contribution in [1.29, 1.82) is 0 Å². The average molecular weight is 390 g/mol. The lowest BCUT2D eigenvalue weighted by Crippen LogP contribution is -2.44. The van der Waals surface area contributed by atoms with Crippen molar-refractivity contribution in [3.63, 3.8) is 0 Å². The van der Waals surface area contributed by atoms with Crippen LogP contribution >= 0.6 is 24.8 Å². The van der Waals surface area contributed by atoms with Crippen LogP contribution in [0.5, 0.6) is 0 Å². The van der Waals surface area contributed by atoms with Crippen LogP contribution in [0.15, 0.2) is 30.3 Å². The molecule has 1 amide bonds. The molecule has 1 aromatic rings. The van der Waals surface area contributed by atoms with Gasteiger partial charge in [-0.05, 0) is 24.3 Å². The first-order chi connectivity index (χ1) is 11.2. The van der Waals surface area contributed by atoms with Crippen molar-refractivity contribution in [2.45, 2.75) is 18.9 Å². The van der Waals surface area contributed by atoms with Gasteiger partial charge in [0.2, 0.25) is 5.91 Å². The van der Waals surface area contributed by atoms with Crippen LogP contribution in [0.2, 0.25) is 0 Å². The lowest BCUT2D eigenvalue weighted by Gasteiger charge is -2.29. The van der Waals surface area contributed by atoms with Crippen molar-refractivity contribution in [2.24, 2.45) is 11.7 Å². The van der Waals surface area contributed by atoms with E-state index < -0.39 is 6.04 Å². The van der Waals surface area contributed by atoms with Crippen LogP contribution in [-0.4, -0.2) is 67.7 Å². The Morgan fingerprint density at radius 3 is 2.52 bits per heavy atom. The number of likely N-dealkylation sites (tertiary alicyclic amines) is 1. The summed E-state index contributed by atoms with van der Waals surface area (Å²) in [5.41, 5.74) is 7.26. The molecule has 142 valence electrons. The second kappa shape index (κ2) is 11.0. The number of ether oxygens (including phenoxy) is 1. The molecule has 2 aliphatic rings. The van der Waals surface area contributed by atoms with Gasteiger partial charge >= 0.3 is 0 Å². The van der Waals surface area contributed by atoms with E-state index >= 15 is 0 Å². The molecular weight excluding hydrogens is 361 g/mol. The van der Waals surface area contributed by atoms with Gasteiger partial charge in [0.05, 0.1) is 19.3 Å². The fraction of sp³-hybridized carbons (Fsp3) is 0.611. The number of halogens is 2. The standard InChI is InChI=1S/C18H27N3O2.2ClH/c19-17(12-15-4-2-1-3-5-15)18(22)21-7-6-16(14-21)13-20-8-10-23-11-9-20;;/h1-5,16-17H,6-14,19H2;2*1H. The zero-order chi connectivity index (χ0) is 16.1. The second-order valence-electron chi connectivity index (χ2n) is 6.65. The summed E-state index contributed by atoms with van der Waals surface area (Å²) in [6, 6.07) is 9.57. The molecule has 0 aromatic heterocycles. The molecule has 2 unspecified atom stereocenters. The summed E-state index contributed by atoms with van der Waals surface area (Å²) in [6.45, 7) is 6.45. The van der Waals surface area contributed by atoms with Gasteiger partial charge < -0.3 is 15.4 Å². The smallest absolute Gasteiger partial charge is 0.239 e. The highest BCUT2D eigenvalue weighted by molar-refractivity contribution is 5.85. The van der Waals surface area contributed by atoms with Crippen LogP contribution in [0.4, 0.5) is 0 Å². The van der Waals surface area contributed by atoms with Crippen molar-refractivity contribution >= 4 is 30.7 Å². The largest absolute Gasteiger partial charge is 0.379 e. The van der Waals surface area contributed by atoms with Crippen LogP contribution < -0.4 is 5.73 Å². The number of carbonyl (C=O) groups excluding carboxylic acids is 1. The summed E-state index contributed by atoms with van der Waals surface area (Å²) in [7, 11) is 0. The summed E-state index contributed by atoms with van der Waals surface area (Å²) in [6.07, 6.45) is 1.70. The third-order valence-corrected chi connectivity index (χ3v) is 4.83. The van der Waals surface area contributed by atoms with Crippen molar-refractivity contribution in [2.75, 3.05) is 45.9 Å². The van der Waals surface area contributed by atoms with Gasteiger partial charge in [0.25, 0.3) is 0 Å². The molecule has 0 aliphatic carbocycles. The van der Waals surface area contributed by atoms with E-state index in [9.17, 15) is 4.79 Å². The average Bonchev–Trinajstić information content (AvgIpc) is 3.04. The molecule has 2 N–H and O–H groups in total. The Labute approximate surface area is 162 Å². The molecule has 2 atom stereocenters. The van der Waals surface area contributed by atoms with E-state index in [1.54, 1.807) is 0 Å². The summed E-state index contributed by atoms with van der Waals surface area (Å²) in [4.78, 5) is 17.0. The maximum absolute atomic E-state index is 12.6. The Hall–Kier alpha value is -0.850. The molecule has 3 rings (SSSR count). The third kappa shape index (κ3) is 6.42. The molecule has 5 nitrogen and oxygen atoms in total. The molecule has 0 saturated carbocycles. The second-order valence-corrected chi connectivity index (χ2v) is 6.65. The third-order valence-electron chi connectivity index (χ3n) is 4.83. The topological polar surface area (TPSA) is 58.8 Å². The highest BCUT2D eigenvalue weighted by Gasteiger charge is 2.30. The minimum atomic E-state index is -0.431. The lowest BCUT2D eigenvalue weighted by atomic mass is 10.1. The zero-order valence-corrected chi connectivity index (χ0v) is 16.1. The minimum Gasteiger partial charge on any atom is -0.379 e. The number of hydrogen-bond acceptors (Lipinski definition) is 4. The highest BCUT2D eigenvalue weighted by Crippen LogP contribution is 2.19. The van der Waals surface area contributed by atoms with E-state index in [0.29, 0.717) is 12.3 Å². The molecule has 25 heavy (non-hydrogen) atoms. The van der Waals surface area contributed by atoms with Crippen LogP contribution in [0.25, 0.3) is 0 Å². The van der Waals surface area contributed by atoms with Gasteiger partial charge in [0.1, 0.15) is 0 Å². The van der Waals surface area contributed by atoms with Gasteiger partial charge in [-0.25, -0.2) is 0 Å². The Kier molecular flexibility index (Phi) is 9.75. The van der Waals surface area contributed by atoms with Crippen molar-refractivity contribution in [1.82, 2.24) is 9.80 Å². The first-order valence-electron chi connectivity index (χ1n) is 8.61. The molecule has 2 fully saturated rings. The SMILES string of the molecule is Cl.Cl.NC(Cc1ccccc1)C(=O)N1CCC(CN2CCOCC2)C1. The minimum absolute atomic E-state index is 0. The Morgan fingerprint density at radius 1 is 1.16 bits per heavy atom. The first-order valence-corrected chi connectivity index (χ1v) is 8.61. The normalized spacial score (nSPS) is 22.0. The number of morpholine rings is 1. The van der Waals surface area contributed by atoms with Crippen molar-refractivity contribution < 1.29 is 9.53 Å². The quantitative estimate of drug-likeness (QED) is 0.830. The molecule has 0 radical (unpaired) electrons. The summed E-state index contributed by atoms with van der Waals surface area (Å²) in [5, 5.41) is 0. The van der Waals surface area contributed by atoms with Crippen LogP contribution in [-0.2, 0) is 16.0 Å². The molecule has 2 heterocycles. The fourth-order valence-corrected chi connectivity index (χ4v) is 3.52. The summed E-state index contributed by atoms with van der Waals surface area (Å²) >= 11 is 0. The van der Waals surface area contributed by atoms with Gasteiger partial charge in [-0.1, -0.05) is 30.3 Å². The summed E-state index contributed by atoms with van der Waals surface area (Å²) in [5.74, 6) is 0.666. The molecule has 1 aromatic carbocycles. The number of nitrogens with two attached hydrogens (primary N) is 1. The van der Waals surface area contributed by atoms with E-state index in [0.717, 1.165) is 57.9 Å². The van der Waals surface area contributed by atoms with E-state index in [2.05, 4.69) is 4.90 Å². The van der Waals surface area contributed by atoms with E-state index in [-0.39, 0.29) is 30.7 Å². The molecule has 7 heteroatoms. The zero-order valence-electron chi connectivity index (χ0n) is 14.5. The number of benzene rings is 1. The molecule has 2 aliphatic heterocycles. The van der Waals surface area contributed by atoms with E-state index in [4.69, 9.17) is 10.5 Å². The van der Waals surface area contributed by atoms with Crippen LogP contribution in [0.3, 0.4) is 0 Å². The maximum atomic E-state index is 12.6. The Bertz CT molecular complexity index is 512. The number of nitrogens with zero attached hydrogens (tertiary/aromatic N) is 2. The monoisotopic (exact) mass is 389 g/mol. The summed E-state index contributed by atoms with van der Waals surface area (Å²) < 4.78 is 5.39. The van der Waals surface area contributed by atoms with Crippen LogP contribution in [0.1, 0.15) is 12.0 Å². The van der Waals surface area contributed by atoms with Gasteiger partial charge in [0, 0.05) is 32.7 Å². The fourth-order valence-electron chi connectivity index (χ4n) is 3.52. The number of rotatable bonds is 5. The number of amides is 1. The van der Waals surface area contributed by atoms with E-state index in [1.807, 2.05) is 35.2 Å². The van der Waals surface area contributed by atoms with Crippen molar-refractivity contribution in [3.8, 4) is 0 Å². The molecular formula is C18H29Cl2N3O2. The first kappa shape index (κ1) is 22.2. The van der Waals surface area contributed by atoms with Gasteiger partial charge in [0.15, 0.2) is 0 Å². The number of carbonyl (C=O) groups is 1. The molecule has 0 bridgehead atoms. The van der Waals surface area contributed by atoms with Gasteiger partial charge in [-0.15, -0.1) is 24.8 Å². The van der Waals surface area contributed by atoms with E-state index in [1.165, 1.54) is 0 Å². The van der Waals surface area contributed by atoms with Crippen LogP contribution in [0, 0.1) is 5.92 Å². The van der Waals surface area contributed by atoms with Crippen molar-refractivity contribution in [3.05, 3.63) is 35.9 Å². The Balaban J connectivity index is 0.00000156. The predicted octanol–water partition coefficient (Wildman–Crippen LogP) is 1.58. The Morgan fingerprint density at radius 2 is 1.84 bits per heavy atom. The predicted molar refractivity (Wildman–Crippen MR) is 105 cm³/mol. The van der Waals surface area contributed by atoms with Gasteiger partial charge in [-0.2, -0.15) is 0 Å². The molecule has 0 spiro atoms. The lowest BCUT2D eigenvalue weighted by molar-refractivity contribution is -0.131. The van der Waals surface area contributed by atoms with Gasteiger partial charge in [-0.3, -0.25) is 9.69 Å². The highest BCUT2D eigenvalue weighted by atomic mass is 35.5.